The highest BCUT2D eigenvalue weighted by molar-refractivity contribution is 7.16. The molecule has 1 N–H and O–H groups in total. The lowest BCUT2D eigenvalue weighted by Gasteiger charge is -2.20. The standard InChI is InChI=1S/C24H23ClN2O4S/c1-27(15-19-12-13-21(25)32-19)22(28)16-31-24(30)20(14-17-8-4-2-5-9-17)26-23(29)18-10-6-3-7-11-18/h2-13,20H,14-16H2,1H3,(H,26,29). The molecule has 8 heteroatoms. The molecule has 0 aliphatic rings. The Morgan fingerprint density at radius 3 is 2.28 bits per heavy atom. The van der Waals surface area contributed by atoms with Crippen molar-refractivity contribution in [2.24, 2.45) is 0 Å². The lowest BCUT2D eigenvalue weighted by Crippen LogP contribution is -2.44. The van der Waals surface area contributed by atoms with Crippen LogP contribution in [0.15, 0.2) is 72.8 Å². The molecule has 0 aliphatic carbocycles. The fourth-order valence-electron chi connectivity index (χ4n) is 2.98. The van der Waals surface area contributed by atoms with Gasteiger partial charge in [0.15, 0.2) is 6.61 Å². The summed E-state index contributed by atoms with van der Waals surface area (Å²) in [6.45, 7) is -0.0487. The second-order valence-corrected chi connectivity index (χ2v) is 8.94. The number of carbonyl (C=O) groups is 3. The maximum absolute atomic E-state index is 12.8. The van der Waals surface area contributed by atoms with Crippen LogP contribution in [0.5, 0.6) is 0 Å². The van der Waals surface area contributed by atoms with Crippen LogP contribution >= 0.6 is 22.9 Å². The van der Waals surface area contributed by atoms with Crippen LogP contribution in [-0.4, -0.2) is 42.4 Å². The number of hydrogen-bond donors (Lipinski definition) is 1. The van der Waals surface area contributed by atoms with Gasteiger partial charge in [0.25, 0.3) is 11.8 Å². The van der Waals surface area contributed by atoms with Gasteiger partial charge in [0.1, 0.15) is 6.04 Å². The summed E-state index contributed by atoms with van der Waals surface area (Å²) >= 11 is 7.31. The average molecular weight is 471 g/mol. The Hall–Kier alpha value is -3.16. The molecule has 166 valence electrons. The van der Waals surface area contributed by atoms with Gasteiger partial charge in [-0.3, -0.25) is 9.59 Å². The fraction of sp³-hybridized carbons (Fsp3) is 0.208. The van der Waals surface area contributed by atoms with Crippen molar-refractivity contribution in [3.05, 3.63) is 93.1 Å². The maximum atomic E-state index is 12.8. The first-order valence-corrected chi connectivity index (χ1v) is 11.2. The SMILES string of the molecule is CN(Cc1ccc(Cl)s1)C(=O)COC(=O)C(Cc1ccccc1)NC(=O)c1ccccc1. The van der Waals surface area contributed by atoms with Crippen LogP contribution in [0.4, 0.5) is 0 Å². The van der Waals surface area contributed by atoms with Gasteiger partial charge in [-0.25, -0.2) is 4.79 Å². The molecule has 0 aliphatic heterocycles. The van der Waals surface area contributed by atoms with Gasteiger partial charge in [-0.1, -0.05) is 60.1 Å². The summed E-state index contributed by atoms with van der Waals surface area (Å²) in [4.78, 5) is 40.2. The molecule has 1 unspecified atom stereocenters. The van der Waals surface area contributed by atoms with Crippen molar-refractivity contribution in [1.29, 1.82) is 0 Å². The Morgan fingerprint density at radius 1 is 1.00 bits per heavy atom. The van der Waals surface area contributed by atoms with E-state index in [-0.39, 0.29) is 18.2 Å². The number of amides is 2. The van der Waals surface area contributed by atoms with Crippen molar-refractivity contribution in [3.63, 3.8) is 0 Å². The summed E-state index contributed by atoms with van der Waals surface area (Å²) in [6, 6.07) is 20.6. The van der Waals surface area contributed by atoms with Crippen molar-refractivity contribution in [2.45, 2.75) is 19.0 Å². The summed E-state index contributed by atoms with van der Waals surface area (Å²) in [6.07, 6.45) is 0.246. The first kappa shape index (κ1) is 23.5. The van der Waals surface area contributed by atoms with E-state index >= 15 is 0 Å². The third kappa shape index (κ3) is 6.93. The fourth-order valence-corrected chi connectivity index (χ4v) is 4.12. The van der Waals surface area contributed by atoms with E-state index in [0.29, 0.717) is 16.4 Å². The molecular formula is C24H23ClN2O4S. The van der Waals surface area contributed by atoms with Crippen LogP contribution in [0.1, 0.15) is 20.8 Å². The van der Waals surface area contributed by atoms with Crippen LogP contribution < -0.4 is 5.32 Å². The predicted molar refractivity (Wildman–Crippen MR) is 125 cm³/mol. The quantitative estimate of drug-likeness (QED) is 0.480. The van der Waals surface area contributed by atoms with Crippen LogP contribution in [0.2, 0.25) is 4.34 Å². The number of carbonyl (C=O) groups excluding carboxylic acids is 3. The Labute approximate surface area is 195 Å². The summed E-state index contributed by atoms with van der Waals surface area (Å²) < 4.78 is 5.92. The third-order valence-corrected chi connectivity index (χ3v) is 5.91. The molecule has 0 spiro atoms. The Morgan fingerprint density at radius 2 is 1.66 bits per heavy atom. The number of rotatable bonds is 9. The monoisotopic (exact) mass is 470 g/mol. The molecule has 2 amide bonds. The highest BCUT2D eigenvalue weighted by Gasteiger charge is 2.25. The number of nitrogens with zero attached hydrogens (tertiary/aromatic N) is 1. The second kappa shape index (κ2) is 11.5. The van der Waals surface area contributed by atoms with E-state index in [1.165, 1.54) is 16.2 Å². The normalized spacial score (nSPS) is 11.4. The van der Waals surface area contributed by atoms with Gasteiger partial charge in [0, 0.05) is 23.9 Å². The number of benzene rings is 2. The Kier molecular flexibility index (Phi) is 8.41. The minimum Gasteiger partial charge on any atom is -0.454 e. The molecule has 32 heavy (non-hydrogen) atoms. The minimum atomic E-state index is -0.931. The average Bonchev–Trinajstić information content (AvgIpc) is 3.22. The van der Waals surface area contributed by atoms with Crippen molar-refractivity contribution >= 4 is 40.7 Å². The van der Waals surface area contributed by atoms with E-state index in [9.17, 15) is 14.4 Å². The second-order valence-electron chi connectivity index (χ2n) is 7.15. The van der Waals surface area contributed by atoms with Gasteiger partial charge in [0.05, 0.1) is 10.9 Å². The van der Waals surface area contributed by atoms with E-state index in [2.05, 4.69) is 5.32 Å². The van der Waals surface area contributed by atoms with Gasteiger partial charge in [-0.05, 0) is 29.8 Å². The zero-order valence-corrected chi connectivity index (χ0v) is 19.1. The van der Waals surface area contributed by atoms with Gasteiger partial charge in [0.2, 0.25) is 0 Å². The van der Waals surface area contributed by atoms with Gasteiger partial charge >= 0.3 is 5.97 Å². The van der Waals surface area contributed by atoms with E-state index in [1.807, 2.05) is 36.4 Å². The van der Waals surface area contributed by atoms with Crippen LogP contribution in [0.25, 0.3) is 0 Å². The molecule has 0 saturated heterocycles. The number of esters is 1. The van der Waals surface area contributed by atoms with E-state index in [1.54, 1.807) is 43.4 Å². The molecule has 2 aromatic carbocycles. The van der Waals surface area contributed by atoms with Gasteiger partial charge in [-0.2, -0.15) is 0 Å². The Balaban J connectivity index is 1.62. The lowest BCUT2D eigenvalue weighted by molar-refractivity contribution is -0.153. The van der Waals surface area contributed by atoms with Gasteiger partial charge in [-0.15, -0.1) is 11.3 Å². The number of hydrogen-bond acceptors (Lipinski definition) is 5. The molecule has 0 radical (unpaired) electrons. The lowest BCUT2D eigenvalue weighted by atomic mass is 10.1. The maximum Gasteiger partial charge on any atom is 0.329 e. The first-order chi connectivity index (χ1) is 15.4. The number of ether oxygens (including phenoxy) is 1. The molecule has 0 fully saturated rings. The molecule has 3 aromatic rings. The van der Waals surface area contributed by atoms with Crippen molar-refractivity contribution in [3.8, 4) is 0 Å². The molecule has 0 bridgehead atoms. The molecule has 1 atom stereocenters. The highest BCUT2D eigenvalue weighted by Crippen LogP contribution is 2.22. The van der Waals surface area contributed by atoms with Crippen molar-refractivity contribution in [2.75, 3.05) is 13.7 Å². The van der Waals surface area contributed by atoms with E-state index < -0.39 is 18.6 Å². The largest absolute Gasteiger partial charge is 0.454 e. The highest BCUT2D eigenvalue weighted by atomic mass is 35.5. The molecule has 6 nitrogen and oxygen atoms in total. The number of likely N-dealkylation sites (N-methyl/N-ethyl adjacent to an activating group) is 1. The molecular weight excluding hydrogens is 448 g/mol. The van der Waals surface area contributed by atoms with Crippen molar-refractivity contribution < 1.29 is 19.1 Å². The zero-order chi connectivity index (χ0) is 22.9. The van der Waals surface area contributed by atoms with Crippen LogP contribution in [0, 0.1) is 0 Å². The van der Waals surface area contributed by atoms with Crippen LogP contribution in [0.3, 0.4) is 0 Å². The summed E-state index contributed by atoms with van der Waals surface area (Å²) in [5.74, 6) is -1.41. The Bertz CT molecular complexity index is 1060. The van der Waals surface area contributed by atoms with Gasteiger partial charge < -0.3 is 15.0 Å². The molecule has 1 heterocycles. The number of halogens is 1. The molecule has 1 aromatic heterocycles. The topological polar surface area (TPSA) is 75.7 Å². The summed E-state index contributed by atoms with van der Waals surface area (Å²) in [5.41, 5.74) is 1.30. The molecule has 3 rings (SSSR count). The third-order valence-electron chi connectivity index (χ3n) is 4.69. The van der Waals surface area contributed by atoms with Crippen molar-refractivity contribution in [1.82, 2.24) is 10.2 Å². The summed E-state index contributed by atoms with van der Waals surface area (Å²) in [5, 5.41) is 2.73. The van der Waals surface area contributed by atoms with E-state index in [4.69, 9.17) is 16.3 Å². The van der Waals surface area contributed by atoms with E-state index in [0.717, 1.165) is 10.4 Å². The number of thiophene rings is 1. The smallest absolute Gasteiger partial charge is 0.329 e. The minimum absolute atomic E-state index is 0.246. The number of nitrogens with one attached hydrogen (secondary N) is 1. The zero-order valence-electron chi connectivity index (χ0n) is 17.5. The predicted octanol–water partition coefficient (Wildman–Crippen LogP) is 3.94. The molecule has 0 saturated carbocycles. The summed E-state index contributed by atoms with van der Waals surface area (Å²) in [7, 11) is 1.63. The first-order valence-electron chi connectivity index (χ1n) is 9.97. The van der Waals surface area contributed by atoms with Crippen LogP contribution in [-0.2, 0) is 27.3 Å².